The van der Waals surface area contributed by atoms with Gasteiger partial charge in [0.2, 0.25) is 0 Å². The zero-order valence-electron chi connectivity index (χ0n) is 10.1. The number of carbonyl (C=O) groups excluding carboxylic acids is 1. The van der Waals surface area contributed by atoms with E-state index in [-0.39, 0.29) is 50.0 Å². The van der Waals surface area contributed by atoms with Crippen LogP contribution in [-0.4, -0.2) is 55.5 Å². The molecular weight excluding hydrogens is 348 g/mol. The molecule has 12 heteroatoms. The molecule has 0 unspecified atom stereocenters. The van der Waals surface area contributed by atoms with E-state index < -0.39 is 29.0 Å². The second-order valence-electron chi connectivity index (χ2n) is 2.66. The van der Waals surface area contributed by atoms with Gasteiger partial charge in [-0.25, -0.2) is 9.59 Å². The van der Waals surface area contributed by atoms with Crippen LogP contribution in [0.2, 0.25) is 0 Å². The van der Waals surface area contributed by atoms with Gasteiger partial charge in [-0.1, -0.05) is 6.07 Å². The quantitative estimate of drug-likeness (QED) is 0.497. The minimum absolute atomic E-state index is 0. The van der Waals surface area contributed by atoms with Crippen LogP contribution >= 0.6 is 0 Å². The Hall–Kier alpha value is -2.05. The van der Waals surface area contributed by atoms with E-state index in [0.29, 0.717) is 0 Å². The molecule has 0 bridgehead atoms. The summed E-state index contributed by atoms with van der Waals surface area (Å²) in [6, 6.07) is 2.66. The van der Waals surface area contributed by atoms with Gasteiger partial charge in [-0.3, -0.25) is 0 Å². The van der Waals surface area contributed by atoms with Gasteiger partial charge in [-0.05, 0) is 12.1 Å². The Morgan fingerprint density at radius 2 is 1.24 bits per heavy atom. The molecule has 0 aliphatic carbocycles. The van der Waals surface area contributed by atoms with Crippen LogP contribution in [0.3, 0.4) is 0 Å². The summed E-state index contributed by atoms with van der Waals surface area (Å²) in [4.78, 5) is 31.6. The summed E-state index contributed by atoms with van der Waals surface area (Å²) < 4.78 is 0. The molecule has 0 radical (unpaired) electrons. The number of benzene rings is 1. The molecule has 0 saturated heterocycles. The first kappa shape index (κ1) is 36.4. The van der Waals surface area contributed by atoms with Crippen LogP contribution in [0.5, 0.6) is 0 Å². The summed E-state index contributed by atoms with van der Waals surface area (Å²) in [5, 5.41) is 27.7. The normalized spacial score (nSPS) is 6.86. The van der Waals surface area contributed by atoms with E-state index in [9.17, 15) is 19.5 Å². The molecule has 1 rings (SSSR count). The number of carbonyl (C=O) groups is 3. The smallest absolute Gasteiger partial charge is 0.545 e. The summed E-state index contributed by atoms with van der Waals surface area (Å²) >= 11 is 0. The maximum atomic E-state index is 10.6. The average Bonchev–Trinajstić information content (AvgIpc) is 2.16. The second-order valence-corrected chi connectivity index (χ2v) is 2.66. The predicted molar refractivity (Wildman–Crippen MR) is 62.8 cm³/mol. The van der Waals surface area contributed by atoms with Gasteiger partial charge < -0.3 is 47.5 Å². The molecule has 128 valence electrons. The van der Waals surface area contributed by atoms with Crippen LogP contribution in [0.15, 0.2) is 18.2 Å². The van der Waals surface area contributed by atoms with E-state index in [1.54, 1.807) is 0 Å². The Labute approximate surface area is 127 Å². The summed E-state index contributed by atoms with van der Waals surface area (Å²) in [6.07, 6.45) is 0. The van der Waals surface area contributed by atoms with E-state index in [2.05, 4.69) is 0 Å². The zero-order chi connectivity index (χ0) is 11.6. The number of hydrogen-bond donors (Lipinski definition) is 2. The van der Waals surface area contributed by atoms with E-state index >= 15 is 0 Å². The molecule has 0 amide bonds. The van der Waals surface area contributed by atoms with Gasteiger partial charge in [0.15, 0.2) is 0 Å². The first-order chi connectivity index (χ1) is 6.93. The molecule has 11 nitrogen and oxygen atoms in total. The van der Waals surface area contributed by atoms with Crippen molar-refractivity contribution in [1.82, 2.24) is 0 Å². The van der Waals surface area contributed by atoms with Crippen molar-refractivity contribution in [2.45, 2.75) is 0 Å². The molecule has 0 fully saturated rings. The minimum Gasteiger partial charge on any atom is -0.545 e. The van der Waals surface area contributed by atoms with Gasteiger partial charge >= 0.3 is 29.0 Å². The molecular formula is C9H15CuO11. The minimum atomic E-state index is -1.66. The summed E-state index contributed by atoms with van der Waals surface area (Å²) in [7, 11) is 0. The monoisotopic (exact) mass is 362 g/mol. The molecule has 0 saturated carbocycles. The Kier molecular flexibility index (Phi) is 24.9. The fourth-order valence-electron chi connectivity index (χ4n) is 1.03. The van der Waals surface area contributed by atoms with Gasteiger partial charge in [-0.2, -0.15) is 0 Å². The van der Waals surface area contributed by atoms with Crippen LogP contribution in [0.25, 0.3) is 0 Å². The standard InChI is InChI=1S/C9H6O6.Cu.5H2O/c10-7(11)4-1-2-5(8(12)13)6(3-4)9(14)15;;;;;;/h1-3H,(H,10,11)(H,12,13)(H,14,15);;5*1H2/q;+1;;;;;/p-1. The zero-order valence-corrected chi connectivity index (χ0v) is 11.0. The number of aromatic carboxylic acids is 3. The van der Waals surface area contributed by atoms with Gasteiger partial charge in [0.05, 0.1) is 17.1 Å². The molecule has 0 heterocycles. The fraction of sp³-hybridized carbons (Fsp3) is 0. The van der Waals surface area contributed by atoms with Crippen molar-refractivity contribution in [2.75, 3.05) is 0 Å². The first-order valence-corrected chi connectivity index (χ1v) is 3.75. The van der Waals surface area contributed by atoms with Gasteiger partial charge in [-0.15, -0.1) is 0 Å². The van der Waals surface area contributed by atoms with Gasteiger partial charge in [0.1, 0.15) is 0 Å². The predicted octanol–water partition coefficient (Wildman–Crippen LogP) is -4.68. The van der Waals surface area contributed by atoms with Gasteiger partial charge in [0.25, 0.3) is 0 Å². The van der Waals surface area contributed by atoms with Crippen LogP contribution in [0.1, 0.15) is 31.1 Å². The summed E-state index contributed by atoms with van der Waals surface area (Å²) in [5.41, 5.74) is -1.44. The maximum absolute atomic E-state index is 10.6. The van der Waals surface area contributed by atoms with E-state index in [4.69, 9.17) is 10.2 Å². The molecule has 0 spiro atoms. The van der Waals surface area contributed by atoms with E-state index in [1.165, 1.54) is 0 Å². The van der Waals surface area contributed by atoms with Crippen LogP contribution < -0.4 is 5.11 Å². The molecule has 1 aromatic carbocycles. The van der Waals surface area contributed by atoms with Gasteiger partial charge in [0, 0.05) is 5.56 Å². The molecule has 1 aromatic rings. The van der Waals surface area contributed by atoms with Crippen molar-refractivity contribution in [3.63, 3.8) is 0 Å². The third kappa shape index (κ3) is 8.67. The number of rotatable bonds is 3. The second kappa shape index (κ2) is 14.4. The Bertz CT molecular complexity index is 459. The van der Waals surface area contributed by atoms with Crippen LogP contribution in [-0.2, 0) is 17.1 Å². The third-order valence-electron chi connectivity index (χ3n) is 1.72. The SMILES string of the molecule is O.O.O.O.O.O=C(O)c1ccc(C(=O)[O-])c(C(=O)O)c1.[Cu+]. The van der Waals surface area contributed by atoms with Crippen molar-refractivity contribution < 1.29 is 74.2 Å². The Morgan fingerprint density at radius 1 is 0.810 bits per heavy atom. The fourth-order valence-corrected chi connectivity index (χ4v) is 1.03. The Morgan fingerprint density at radius 3 is 1.52 bits per heavy atom. The first-order valence-electron chi connectivity index (χ1n) is 3.75. The number of carboxylic acid groups (broad SMARTS) is 3. The summed E-state index contributed by atoms with van der Waals surface area (Å²) in [6.45, 7) is 0. The molecule has 0 aliphatic heterocycles. The topological polar surface area (TPSA) is 272 Å². The van der Waals surface area contributed by atoms with Crippen LogP contribution in [0, 0.1) is 0 Å². The molecule has 0 atom stereocenters. The van der Waals surface area contributed by atoms with Crippen LogP contribution in [0.4, 0.5) is 0 Å². The van der Waals surface area contributed by atoms with Crippen molar-refractivity contribution in [2.24, 2.45) is 0 Å². The van der Waals surface area contributed by atoms with Crippen molar-refractivity contribution in [3.8, 4) is 0 Å². The number of hydrogen-bond acceptors (Lipinski definition) is 4. The summed E-state index contributed by atoms with van der Waals surface area (Å²) in [5.74, 6) is -4.51. The van der Waals surface area contributed by atoms with E-state index in [0.717, 1.165) is 18.2 Å². The average molecular weight is 363 g/mol. The van der Waals surface area contributed by atoms with Crippen molar-refractivity contribution in [3.05, 3.63) is 34.9 Å². The molecule has 12 N–H and O–H groups in total. The molecule has 0 aliphatic rings. The largest absolute Gasteiger partial charge is 1.00 e. The third-order valence-corrected chi connectivity index (χ3v) is 1.72. The van der Waals surface area contributed by atoms with Crippen molar-refractivity contribution >= 4 is 17.9 Å². The number of carboxylic acids is 3. The van der Waals surface area contributed by atoms with Crippen molar-refractivity contribution in [1.29, 1.82) is 0 Å². The Balaban J connectivity index is -0.0000000937. The van der Waals surface area contributed by atoms with E-state index in [1.807, 2.05) is 0 Å². The maximum Gasteiger partial charge on any atom is 1.00 e. The molecule has 0 aromatic heterocycles. The molecule has 21 heavy (non-hydrogen) atoms.